The van der Waals surface area contributed by atoms with E-state index >= 15 is 0 Å². The van der Waals surface area contributed by atoms with E-state index in [9.17, 15) is 0 Å². The van der Waals surface area contributed by atoms with Gasteiger partial charge in [-0.15, -0.1) is 10.1 Å². The summed E-state index contributed by atoms with van der Waals surface area (Å²) in [4.78, 5) is 12.5. The minimum atomic E-state index is -1.50. The number of benzene rings is 2. The van der Waals surface area contributed by atoms with E-state index in [2.05, 4.69) is 40.7 Å². The Morgan fingerprint density at radius 3 is 2.44 bits per heavy atom. The van der Waals surface area contributed by atoms with Crippen LogP contribution in [-0.2, 0) is 13.0 Å². The lowest BCUT2D eigenvalue weighted by Crippen LogP contribution is -2.11. The Kier molecular flexibility index (Phi) is 7.64. The maximum Gasteiger partial charge on any atom is 0.291 e. The zero-order valence-corrected chi connectivity index (χ0v) is 16.1. The van der Waals surface area contributed by atoms with Crippen molar-refractivity contribution in [3.8, 4) is 0 Å². The van der Waals surface area contributed by atoms with Crippen molar-refractivity contribution in [1.29, 1.82) is 0 Å². The third-order valence-electron chi connectivity index (χ3n) is 4.00. The van der Waals surface area contributed by atoms with Crippen molar-refractivity contribution >= 4 is 23.2 Å². The molecule has 8 heteroatoms. The summed E-state index contributed by atoms with van der Waals surface area (Å²) in [5, 5.41) is 15.0. The Labute approximate surface area is 167 Å². The fourth-order valence-corrected chi connectivity index (χ4v) is 3.33. The van der Waals surface area contributed by atoms with Crippen molar-refractivity contribution in [2.45, 2.75) is 25.8 Å². The van der Waals surface area contributed by atoms with Gasteiger partial charge in [0, 0.05) is 34.9 Å². The minimum absolute atomic E-state index is 0.261. The van der Waals surface area contributed by atoms with Crippen LogP contribution < -0.4 is 0 Å². The maximum absolute atomic E-state index is 8.36. The van der Waals surface area contributed by atoms with E-state index in [-0.39, 0.29) is 5.92 Å². The average Bonchev–Trinajstić information content (AvgIpc) is 3.09. The summed E-state index contributed by atoms with van der Waals surface area (Å²) >= 11 is 12.5. The second-order valence-corrected chi connectivity index (χ2v) is 6.89. The van der Waals surface area contributed by atoms with Gasteiger partial charge < -0.3 is 9.77 Å². The molecule has 1 aromatic heterocycles. The lowest BCUT2D eigenvalue weighted by Gasteiger charge is -2.20. The van der Waals surface area contributed by atoms with Crippen LogP contribution in [-0.4, -0.2) is 19.8 Å². The molecule has 1 atom stereocenters. The van der Waals surface area contributed by atoms with E-state index in [1.165, 1.54) is 11.1 Å². The summed E-state index contributed by atoms with van der Waals surface area (Å²) in [7, 11) is 0. The molecule has 3 aromatic rings. The lowest BCUT2D eigenvalue weighted by molar-refractivity contribution is -0.742. The topological polar surface area (TPSA) is 81.2 Å². The number of aryl methyl sites for hydroxylation is 1. The van der Waals surface area contributed by atoms with Gasteiger partial charge in [-0.3, -0.25) is 0 Å². The quantitative estimate of drug-likeness (QED) is 0.466. The molecular formula is C19H19Cl2N3O3. The number of aromatic nitrogens is 2. The monoisotopic (exact) mass is 407 g/mol. The van der Waals surface area contributed by atoms with E-state index in [4.69, 9.17) is 38.5 Å². The lowest BCUT2D eigenvalue weighted by atomic mass is 9.91. The summed E-state index contributed by atoms with van der Waals surface area (Å²) in [5.41, 5.74) is 3.68. The highest BCUT2D eigenvalue weighted by molar-refractivity contribution is 6.35. The molecule has 27 heavy (non-hydrogen) atoms. The first-order valence-electron chi connectivity index (χ1n) is 8.14. The minimum Gasteiger partial charge on any atom is -0.337 e. The standard InChI is InChI=1S/C19H18Cl2N2.HNO3/c1-14-2-4-15(5-3-14)10-16(12-23-9-8-22-13-23)18-7-6-17(20)11-19(18)21;2-1(3)4/h2-9,11,13,16H,10,12H2,1H3;(H,2,3,4). The number of hydrogen-bond donors (Lipinski definition) is 1. The summed E-state index contributed by atoms with van der Waals surface area (Å²) in [6.45, 7) is 2.93. The van der Waals surface area contributed by atoms with E-state index in [0.717, 1.165) is 23.6 Å². The number of rotatable bonds is 5. The van der Waals surface area contributed by atoms with Crippen LogP contribution >= 0.6 is 23.2 Å². The van der Waals surface area contributed by atoms with Crippen molar-refractivity contribution in [2.75, 3.05) is 0 Å². The highest BCUT2D eigenvalue weighted by Crippen LogP contribution is 2.31. The molecule has 1 heterocycles. The predicted octanol–water partition coefficient (Wildman–Crippen LogP) is 5.18. The van der Waals surface area contributed by atoms with Gasteiger partial charge in [-0.05, 0) is 36.6 Å². The summed E-state index contributed by atoms with van der Waals surface area (Å²) in [6, 6.07) is 14.4. The van der Waals surface area contributed by atoms with Crippen LogP contribution in [0, 0.1) is 17.0 Å². The maximum atomic E-state index is 8.36. The zero-order chi connectivity index (χ0) is 19.8. The van der Waals surface area contributed by atoms with Gasteiger partial charge in [0.25, 0.3) is 5.09 Å². The Morgan fingerprint density at radius 2 is 1.89 bits per heavy atom. The molecule has 0 aliphatic carbocycles. The molecule has 0 aliphatic heterocycles. The van der Waals surface area contributed by atoms with Crippen molar-refractivity contribution in [1.82, 2.24) is 9.55 Å². The van der Waals surface area contributed by atoms with Crippen molar-refractivity contribution in [3.05, 3.63) is 98.0 Å². The molecule has 0 saturated heterocycles. The molecule has 0 aliphatic rings. The van der Waals surface area contributed by atoms with Gasteiger partial charge in [-0.25, -0.2) is 4.98 Å². The van der Waals surface area contributed by atoms with E-state index in [1.807, 2.05) is 30.7 Å². The molecule has 142 valence electrons. The Bertz CT molecular complexity index is 864. The van der Waals surface area contributed by atoms with Gasteiger partial charge >= 0.3 is 0 Å². The highest BCUT2D eigenvalue weighted by Gasteiger charge is 2.17. The molecule has 0 spiro atoms. The van der Waals surface area contributed by atoms with Gasteiger partial charge in [-0.1, -0.05) is 59.1 Å². The van der Waals surface area contributed by atoms with Crippen LogP contribution in [0.25, 0.3) is 0 Å². The van der Waals surface area contributed by atoms with Gasteiger partial charge in [-0.2, -0.15) is 0 Å². The first kappa shape index (κ1) is 20.7. The Hall–Kier alpha value is -2.57. The normalized spacial score (nSPS) is 11.4. The van der Waals surface area contributed by atoms with E-state index in [1.54, 1.807) is 6.20 Å². The molecule has 6 nitrogen and oxygen atoms in total. The van der Waals surface area contributed by atoms with Crippen LogP contribution in [0.5, 0.6) is 0 Å². The number of nitrogens with zero attached hydrogens (tertiary/aromatic N) is 3. The number of hydrogen-bond acceptors (Lipinski definition) is 3. The second kappa shape index (κ2) is 9.94. The second-order valence-electron chi connectivity index (χ2n) is 6.05. The summed E-state index contributed by atoms with van der Waals surface area (Å²) in [5.74, 6) is 0.261. The van der Waals surface area contributed by atoms with Crippen molar-refractivity contribution < 1.29 is 10.3 Å². The molecule has 0 bridgehead atoms. The van der Waals surface area contributed by atoms with Gasteiger partial charge in [0.1, 0.15) is 0 Å². The third kappa shape index (κ3) is 6.92. The van der Waals surface area contributed by atoms with Crippen LogP contribution in [0.1, 0.15) is 22.6 Å². The summed E-state index contributed by atoms with van der Waals surface area (Å²) in [6.07, 6.45) is 6.53. The highest BCUT2D eigenvalue weighted by atomic mass is 35.5. The molecule has 0 saturated carbocycles. The van der Waals surface area contributed by atoms with Gasteiger partial charge in [0.2, 0.25) is 0 Å². The fraction of sp³-hybridized carbons (Fsp3) is 0.211. The fourth-order valence-electron chi connectivity index (χ4n) is 2.76. The van der Waals surface area contributed by atoms with Crippen LogP contribution in [0.2, 0.25) is 10.0 Å². The van der Waals surface area contributed by atoms with E-state index in [0.29, 0.717) is 5.02 Å². The molecule has 1 unspecified atom stereocenters. The molecule has 0 amide bonds. The third-order valence-corrected chi connectivity index (χ3v) is 4.56. The van der Waals surface area contributed by atoms with Gasteiger partial charge in [0.05, 0.1) is 6.33 Å². The van der Waals surface area contributed by atoms with Crippen LogP contribution in [0.3, 0.4) is 0 Å². The Balaban J connectivity index is 0.000000596. The molecule has 3 rings (SSSR count). The number of imidazole rings is 1. The summed E-state index contributed by atoms with van der Waals surface area (Å²) < 4.78 is 2.09. The van der Waals surface area contributed by atoms with E-state index < -0.39 is 5.09 Å². The average molecular weight is 408 g/mol. The molecular weight excluding hydrogens is 389 g/mol. The smallest absolute Gasteiger partial charge is 0.291 e. The zero-order valence-electron chi connectivity index (χ0n) is 14.6. The van der Waals surface area contributed by atoms with Crippen LogP contribution in [0.4, 0.5) is 0 Å². The molecule has 1 N–H and O–H groups in total. The predicted molar refractivity (Wildman–Crippen MR) is 105 cm³/mol. The first-order chi connectivity index (χ1) is 12.8. The number of halogens is 2. The van der Waals surface area contributed by atoms with Gasteiger partial charge in [0.15, 0.2) is 0 Å². The Morgan fingerprint density at radius 1 is 1.22 bits per heavy atom. The van der Waals surface area contributed by atoms with Crippen LogP contribution in [0.15, 0.2) is 61.2 Å². The molecule has 0 radical (unpaired) electrons. The first-order valence-corrected chi connectivity index (χ1v) is 8.90. The van der Waals surface area contributed by atoms with Crippen molar-refractivity contribution in [2.24, 2.45) is 0 Å². The molecule has 0 fully saturated rings. The largest absolute Gasteiger partial charge is 0.337 e. The van der Waals surface area contributed by atoms with Crippen molar-refractivity contribution in [3.63, 3.8) is 0 Å². The molecule has 2 aromatic carbocycles. The SMILES string of the molecule is Cc1ccc(CC(Cn2ccnc2)c2ccc(Cl)cc2Cl)cc1.O=[N+]([O-])O.